The Morgan fingerprint density at radius 3 is 3.36 bits per heavy atom. The predicted molar refractivity (Wildman–Crippen MR) is 45.8 cm³/mol. The minimum atomic E-state index is 0.667. The molecule has 2 heterocycles. The molecule has 1 unspecified atom stereocenters. The first-order chi connectivity index (χ1) is 5.38. The highest BCUT2D eigenvalue weighted by molar-refractivity contribution is 5.52. The molecule has 2 nitrogen and oxygen atoms in total. The van der Waals surface area contributed by atoms with Crippen molar-refractivity contribution in [1.82, 2.24) is 4.98 Å². The normalized spacial score (nSPS) is 22.1. The van der Waals surface area contributed by atoms with Crippen LogP contribution < -0.4 is 5.32 Å². The quantitative estimate of drug-likeness (QED) is 0.608. The molecule has 0 amide bonds. The smallest absolute Gasteiger partial charge is 0.0406 e. The number of anilines is 1. The first-order valence-corrected chi connectivity index (χ1v) is 4.05. The fourth-order valence-corrected chi connectivity index (χ4v) is 1.54. The molecular weight excluding hydrogens is 136 g/mol. The van der Waals surface area contributed by atoms with Gasteiger partial charge < -0.3 is 5.32 Å². The third-order valence-corrected chi connectivity index (χ3v) is 2.28. The molecule has 1 aromatic rings. The van der Waals surface area contributed by atoms with Gasteiger partial charge in [0.25, 0.3) is 0 Å². The number of nitrogens with one attached hydrogen (secondary N) is 1. The molecule has 0 radical (unpaired) electrons. The van der Waals surface area contributed by atoms with Crippen LogP contribution in [-0.4, -0.2) is 11.5 Å². The molecular formula is C9H12N2. The van der Waals surface area contributed by atoms with Crippen molar-refractivity contribution >= 4 is 5.69 Å². The van der Waals surface area contributed by atoms with Crippen molar-refractivity contribution in [3.63, 3.8) is 0 Å². The summed E-state index contributed by atoms with van der Waals surface area (Å²) in [4.78, 5) is 4.11. The number of fused-ring (bicyclic) bond motifs is 1. The molecule has 11 heavy (non-hydrogen) atoms. The maximum absolute atomic E-state index is 4.11. The molecule has 1 aliphatic heterocycles. The van der Waals surface area contributed by atoms with E-state index in [4.69, 9.17) is 0 Å². The van der Waals surface area contributed by atoms with Crippen LogP contribution in [0.15, 0.2) is 18.5 Å². The number of hydrogen-bond acceptors (Lipinski definition) is 2. The Labute approximate surface area is 66.7 Å². The molecule has 0 aliphatic carbocycles. The van der Waals surface area contributed by atoms with Gasteiger partial charge in [-0.05, 0) is 24.0 Å². The molecule has 0 fully saturated rings. The topological polar surface area (TPSA) is 24.9 Å². The second kappa shape index (κ2) is 2.53. The van der Waals surface area contributed by atoms with Gasteiger partial charge in [-0.2, -0.15) is 0 Å². The first-order valence-electron chi connectivity index (χ1n) is 4.05. The van der Waals surface area contributed by atoms with E-state index in [9.17, 15) is 0 Å². The van der Waals surface area contributed by atoms with E-state index in [-0.39, 0.29) is 0 Å². The van der Waals surface area contributed by atoms with Crippen molar-refractivity contribution in [2.24, 2.45) is 0 Å². The molecule has 0 saturated carbocycles. The Morgan fingerprint density at radius 1 is 1.64 bits per heavy atom. The Kier molecular flexibility index (Phi) is 1.53. The largest absolute Gasteiger partial charge is 0.385 e. The third kappa shape index (κ3) is 1.09. The van der Waals surface area contributed by atoms with E-state index in [2.05, 4.69) is 17.2 Å². The van der Waals surface area contributed by atoms with E-state index in [0.29, 0.717) is 5.92 Å². The zero-order valence-corrected chi connectivity index (χ0v) is 6.67. The molecule has 58 valence electrons. The molecule has 0 bridgehead atoms. The molecule has 1 aromatic heterocycles. The standard InChI is InChI=1S/C9H12N2/c1-7-2-5-11-9-3-4-10-6-8(7)9/h3-4,6-7,11H,2,5H2,1H3. The molecule has 1 atom stereocenters. The summed E-state index contributed by atoms with van der Waals surface area (Å²) >= 11 is 0. The van der Waals surface area contributed by atoms with Gasteiger partial charge in [-0.3, -0.25) is 4.98 Å². The molecule has 2 rings (SSSR count). The maximum Gasteiger partial charge on any atom is 0.0406 e. The van der Waals surface area contributed by atoms with Crippen LogP contribution in [-0.2, 0) is 0 Å². The minimum absolute atomic E-state index is 0.667. The summed E-state index contributed by atoms with van der Waals surface area (Å²) in [5, 5.41) is 3.35. The van der Waals surface area contributed by atoms with Crippen LogP contribution >= 0.6 is 0 Å². The van der Waals surface area contributed by atoms with Crippen molar-refractivity contribution < 1.29 is 0 Å². The summed E-state index contributed by atoms with van der Waals surface area (Å²) in [6, 6.07) is 2.05. The highest BCUT2D eigenvalue weighted by Crippen LogP contribution is 2.29. The Balaban J connectivity index is 2.44. The second-order valence-electron chi connectivity index (χ2n) is 3.08. The van der Waals surface area contributed by atoms with E-state index in [1.807, 2.05) is 18.5 Å². The summed E-state index contributed by atoms with van der Waals surface area (Å²) in [5.41, 5.74) is 2.62. The lowest BCUT2D eigenvalue weighted by Gasteiger charge is -2.22. The number of nitrogens with zero attached hydrogens (tertiary/aromatic N) is 1. The van der Waals surface area contributed by atoms with E-state index >= 15 is 0 Å². The average Bonchev–Trinajstić information content (AvgIpc) is 2.06. The van der Waals surface area contributed by atoms with E-state index in [1.165, 1.54) is 17.7 Å². The van der Waals surface area contributed by atoms with Gasteiger partial charge >= 0.3 is 0 Å². The average molecular weight is 148 g/mol. The maximum atomic E-state index is 4.11. The van der Waals surface area contributed by atoms with Crippen LogP contribution in [0.1, 0.15) is 24.8 Å². The van der Waals surface area contributed by atoms with Crippen molar-refractivity contribution in [1.29, 1.82) is 0 Å². The van der Waals surface area contributed by atoms with Crippen molar-refractivity contribution in [3.05, 3.63) is 24.0 Å². The molecule has 1 aliphatic rings. The zero-order valence-electron chi connectivity index (χ0n) is 6.67. The van der Waals surface area contributed by atoms with Gasteiger partial charge in [0, 0.05) is 24.6 Å². The molecule has 1 N–H and O–H groups in total. The van der Waals surface area contributed by atoms with Crippen molar-refractivity contribution in [3.8, 4) is 0 Å². The molecule has 0 aromatic carbocycles. The lowest BCUT2D eigenvalue weighted by atomic mass is 9.95. The van der Waals surface area contributed by atoms with Crippen LogP contribution in [0, 0.1) is 0 Å². The first kappa shape index (κ1) is 6.65. The van der Waals surface area contributed by atoms with Crippen LogP contribution in [0.2, 0.25) is 0 Å². The van der Waals surface area contributed by atoms with Crippen LogP contribution in [0.3, 0.4) is 0 Å². The van der Waals surface area contributed by atoms with E-state index in [1.54, 1.807) is 0 Å². The Bertz CT molecular complexity index is 257. The van der Waals surface area contributed by atoms with Crippen LogP contribution in [0.5, 0.6) is 0 Å². The molecule has 2 heteroatoms. The minimum Gasteiger partial charge on any atom is -0.385 e. The summed E-state index contributed by atoms with van der Waals surface area (Å²) < 4.78 is 0. The van der Waals surface area contributed by atoms with Gasteiger partial charge in [-0.15, -0.1) is 0 Å². The predicted octanol–water partition coefficient (Wildman–Crippen LogP) is 2.00. The lowest BCUT2D eigenvalue weighted by molar-refractivity contribution is 0.680. The number of aromatic nitrogens is 1. The van der Waals surface area contributed by atoms with Crippen molar-refractivity contribution in [2.45, 2.75) is 19.3 Å². The molecule has 0 saturated heterocycles. The van der Waals surface area contributed by atoms with Crippen LogP contribution in [0.25, 0.3) is 0 Å². The third-order valence-electron chi connectivity index (χ3n) is 2.28. The Hall–Kier alpha value is -1.05. The van der Waals surface area contributed by atoms with Crippen LogP contribution in [0.4, 0.5) is 5.69 Å². The lowest BCUT2D eigenvalue weighted by Crippen LogP contribution is -2.14. The highest BCUT2D eigenvalue weighted by atomic mass is 14.9. The number of pyridine rings is 1. The van der Waals surface area contributed by atoms with E-state index in [0.717, 1.165) is 6.54 Å². The van der Waals surface area contributed by atoms with Gasteiger partial charge in [0.05, 0.1) is 0 Å². The fourth-order valence-electron chi connectivity index (χ4n) is 1.54. The Morgan fingerprint density at radius 2 is 2.55 bits per heavy atom. The summed E-state index contributed by atoms with van der Waals surface area (Å²) in [5.74, 6) is 0.667. The molecule has 0 spiro atoms. The summed E-state index contributed by atoms with van der Waals surface area (Å²) in [6.07, 6.45) is 5.02. The zero-order chi connectivity index (χ0) is 7.68. The fraction of sp³-hybridized carbons (Fsp3) is 0.444. The van der Waals surface area contributed by atoms with Crippen molar-refractivity contribution in [2.75, 3.05) is 11.9 Å². The number of hydrogen-bond donors (Lipinski definition) is 1. The summed E-state index contributed by atoms with van der Waals surface area (Å²) in [6.45, 7) is 3.35. The summed E-state index contributed by atoms with van der Waals surface area (Å²) in [7, 11) is 0. The van der Waals surface area contributed by atoms with Gasteiger partial charge in [0.1, 0.15) is 0 Å². The van der Waals surface area contributed by atoms with Gasteiger partial charge in [0.15, 0.2) is 0 Å². The SMILES string of the molecule is CC1CCNc2ccncc21. The van der Waals surface area contributed by atoms with E-state index < -0.39 is 0 Å². The highest BCUT2D eigenvalue weighted by Gasteiger charge is 2.14. The monoisotopic (exact) mass is 148 g/mol. The van der Waals surface area contributed by atoms with Gasteiger partial charge in [-0.1, -0.05) is 6.92 Å². The van der Waals surface area contributed by atoms with Gasteiger partial charge in [-0.25, -0.2) is 0 Å². The second-order valence-corrected chi connectivity index (χ2v) is 3.08. The number of rotatable bonds is 0. The van der Waals surface area contributed by atoms with Gasteiger partial charge in [0.2, 0.25) is 0 Å².